The van der Waals surface area contributed by atoms with Crippen LogP contribution in [0.2, 0.25) is 0 Å². The fourth-order valence-corrected chi connectivity index (χ4v) is 8.77. The lowest BCUT2D eigenvalue weighted by atomic mass is 9.67. The first-order valence-electron chi connectivity index (χ1n) is 18.9. The summed E-state index contributed by atoms with van der Waals surface area (Å²) in [6.45, 7) is 0. The van der Waals surface area contributed by atoms with E-state index < -0.39 is 5.41 Å². The van der Waals surface area contributed by atoms with Gasteiger partial charge in [0.15, 0.2) is 17.5 Å². The minimum Gasteiger partial charge on any atom is -0.456 e. The van der Waals surface area contributed by atoms with Crippen LogP contribution in [-0.4, -0.2) is 15.0 Å². The zero-order valence-corrected chi connectivity index (χ0v) is 30.3. The van der Waals surface area contributed by atoms with Crippen molar-refractivity contribution in [2.45, 2.75) is 5.41 Å². The molecule has 2 heterocycles. The molecule has 0 saturated heterocycles. The molecule has 4 heteroatoms. The third-order valence-corrected chi connectivity index (χ3v) is 11.2. The number of fused-ring (bicyclic) bond motifs is 6. The van der Waals surface area contributed by atoms with Crippen molar-refractivity contribution in [3.05, 3.63) is 222 Å². The predicted molar refractivity (Wildman–Crippen MR) is 226 cm³/mol. The topological polar surface area (TPSA) is 51.8 Å². The van der Waals surface area contributed by atoms with Crippen molar-refractivity contribution in [3.63, 3.8) is 0 Å². The number of furan rings is 1. The SMILES string of the molecule is c1ccc(-c2cccc(-c3nc(-c4ccccc4)nc(-c4cccc5oc6cc(C7(c8ccccc8)c8ccccc8-c8ccccc87)ccc6c45)n3)c2)cc1. The van der Waals surface area contributed by atoms with E-state index in [0.29, 0.717) is 17.5 Å². The van der Waals surface area contributed by atoms with Crippen LogP contribution in [0, 0.1) is 0 Å². The van der Waals surface area contributed by atoms with Gasteiger partial charge in [0.2, 0.25) is 0 Å². The van der Waals surface area contributed by atoms with E-state index in [-0.39, 0.29) is 0 Å². The maximum Gasteiger partial charge on any atom is 0.164 e. The van der Waals surface area contributed by atoms with Gasteiger partial charge in [-0.05, 0) is 62.7 Å². The lowest BCUT2D eigenvalue weighted by Crippen LogP contribution is -2.28. The van der Waals surface area contributed by atoms with Gasteiger partial charge in [0.05, 0.1) is 5.41 Å². The Morgan fingerprint density at radius 3 is 1.59 bits per heavy atom. The van der Waals surface area contributed by atoms with Gasteiger partial charge < -0.3 is 4.42 Å². The fraction of sp³-hybridized carbons (Fsp3) is 0.0192. The van der Waals surface area contributed by atoms with Gasteiger partial charge in [-0.25, -0.2) is 15.0 Å². The molecule has 0 atom stereocenters. The second-order valence-corrected chi connectivity index (χ2v) is 14.3. The second-order valence-electron chi connectivity index (χ2n) is 14.3. The van der Waals surface area contributed by atoms with Gasteiger partial charge in [0, 0.05) is 27.5 Å². The number of rotatable bonds is 6. The first kappa shape index (κ1) is 32.0. The van der Waals surface area contributed by atoms with Crippen LogP contribution in [0.15, 0.2) is 205 Å². The molecule has 8 aromatic carbocycles. The van der Waals surface area contributed by atoms with E-state index in [0.717, 1.165) is 55.3 Å². The Morgan fingerprint density at radius 2 is 0.875 bits per heavy atom. The Labute approximate surface area is 324 Å². The average molecular weight is 716 g/mol. The van der Waals surface area contributed by atoms with E-state index >= 15 is 0 Å². The van der Waals surface area contributed by atoms with E-state index in [9.17, 15) is 0 Å². The van der Waals surface area contributed by atoms with Gasteiger partial charge in [-0.3, -0.25) is 0 Å². The number of benzene rings is 8. The summed E-state index contributed by atoms with van der Waals surface area (Å²) >= 11 is 0. The van der Waals surface area contributed by atoms with E-state index in [1.807, 2.05) is 48.5 Å². The number of nitrogens with zero attached hydrogens (tertiary/aromatic N) is 3. The third kappa shape index (κ3) is 4.96. The molecule has 10 aromatic rings. The standard InChI is InChI=1S/C52H33N3O/c1-4-16-34(17-5-1)36-20-14-21-37(32-36)50-53-49(35-18-6-2-7-19-35)54-51(55-50)43-26-15-29-46-48(43)42-31-30-39(33-47(42)56-46)52(38-22-8-3-9-23-38)44-27-12-10-24-40(44)41-25-11-13-28-45(41)52/h1-33H. The highest BCUT2D eigenvalue weighted by Crippen LogP contribution is 2.56. The molecule has 1 aliphatic rings. The molecule has 0 spiro atoms. The molecule has 0 amide bonds. The van der Waals surface area contributed by atoms with Crippen molar-refractivity contribution in [2.75, 3.05) is 0 Å². The molecule has 0 unspecified atom stereocenters. The normalized spacial score (nSPS) is 12.8. The van der Waals surface area contributed by atoms with Crippen molar-refractivity contribution < 1.29 is 4.42 Å². The van der Waals surface area contributed by atoms with Crippen molar-refractivity contribution in [1.29, 1.82) is 0 Å². The summed E-state index contributed by atoms with van der Waals surface area (Å²) in [6, 6.07) is 70.3. The molecule has 56 heavy (non-hydrogen) atoms. The van der Waals surface area contributed by atoms with Gasteiger partial charge in [-0.15, -0.1) is 0 Å². The molecule has 11 rings (SSSR count). The monoisotopic (exact) mass is 715 g/mol. The summed E-state index contributed by atoms with van der Waals surface area (Å²) in [4.78, 5) is 15.4. The van der Waals surface area contributed by atoms with Crippen LogP contribution in [0.3, 0.4) is 0 Å². The molecular formula is C52H33N3O. The summed E-state index contributed by atoms with van der Waals surface area (Å²) in [6.07, 6.45) is 0. The van der Waals surface area contributed by atoms with Gasteiger partial charge in [-0.2, -0.15) is 0 Å². The Morgan fingerprint density at radius 1 is 0.339 bits per heavy atom. The highest BCUT2D eigenvalue weighted by Gasteiger charge is 2.46. The summed E-state index contributed by atoms with van der Waals surface area (Å²) in [5, 5.41) is 1.99. The fourth-order valence-electron chi connectivity index (χ4n) is 8.77. The highest BCUT2D eigenvalue weighted by molar-refractivity contribution is 6.12. The smallest absolute Gasteiger partial charge is 0.164 e. The number of hydrogen-bond acceptors (Lipinski definition) is 4. The third-order valence-electron chi connectivity index (χ3n) is 11.2. The van der Waals surface area contributed by atoms with E-state index in [4.69, 9.17) is 19.4 Å². The number of hydrogen-bond donors (Lipinski definition) is 0. The summed E-state index contributed by atoms with van der Waals surface area (Å²) in [5.74, 6) is 1.82. The lowest BCUT2D eigenvalue weighted by molar-refractivity contribution is 0.665. The van der Waals surface area contributed by atoms with Gasteiger partial charge in [0.1, 0.15) is 11.2 Å². The highest BCUT2D eigenvalue weighted by atomic mass is 16.3. The molecule has 0 aliphatic heterocycles. The maximum absolute atomic E-state index is 6.79. The molecule has 0 saturated carbocycles. The zero-order valence-electron chi connectivity index (χ0n) is 30.3. The molecule has 2 aromatic heterocycles. The molecule has 0 radical (unpaired) electrons. The van der Waals surface area contributed by atoms with Crippen LogP contribution in [0.1, 0.15) is 22.3 Å². The van der Waals surface area contributed by atoms with Crippen molar-refractivity contribution >= 4 is 21.9 Å². The van der Waals surface area contributed by atoms with Crippen molar-refractivity contribution in [3.8, 4) is 56.4 Å². The summed E-state index contributed by atoms with van der Waals surface area (Å²) in [7, 11) is 0. The molecule has 0 N–H and O–H groups in total. The molecule has 1 aliphatic carbocycles. The summed E-state index contributed by atoms with van der Waals surface area (Å²) < 4.78 is 6.79. The first-order valence-corrected chi connectivity index (χ1v) is 18.9. The van der Waals surface area contributed by atoms with Crippen molar-refractivity contribution in [1.82, 2.24) is 15.0 Å². The Balaban J connectivity index is 1.12. The van der Waals surface area contributed by atoms with Crippen LogP contribution < -0.4 is 0 Å². The van der Waals surface area contributed by atoms with Crippen LogP contribution >= 0.6 is 0 Å². The van der Waals surface area contributed by atoms with Crippen LogP contribution in [-0.2, 0) is 5.41 Å². The van der Waals surface area contributed by atoms with Gasteiger partial charge in [-0.1, -0.05) is 182 Å². The second kappa shape index (κ2) is 12.9. The molecule has 262 valence electrons. The van der Waals surface area contributed by atoms with E-state index in [2.05, 4.69) is 152 Å². The van der Waals surface area contributed by atoms with Crippen LogP contribution in [0.5, 0.6) is 0 Å². The van der Waals surface area contributed by atoms with Crippen LogP contribution in [0.25, 0.3) is 78.4 Å². The van der Waals surface area contributed by atoms with Crippen molar-refractivity contribution in [2.24, 2.45) is 0 Å². The average Bonchev–Trinajstić information content (AvgIpc) is 3.81. The molecule has 4 nitrogen and oxygen atoms in total. The van der Waals surface area contributed by atoms with Crippen LogP contribution in [0.4, 0.5) is 0 Å². The molecular weight excluding hydrogens is 683 g/mol. The van der Waals surface area contributed by atoms with E-state index in [1.165, 1.54) is 27.8 Å². The maximum atomic E-state index is 6.79. The number of aromatic nitrogens is 3. The quantitative estimate of drug-likeness (QED) is 0.172. The Hall–Kier alpha value is -7.43. The van der Waals surface area contributed by atoms with Gasteiger partial charge >= 0.3 is 0 Å². The minimum absolute atomic E-state index is 0.521. The largest absolute Gasteiger partial charge is 0.456 e. The zero-order chi connectivity index (χ0) is 37.1. The molecule has 0 bridgehead atoms. The Bertz CT molecular complexity index is 3030. The predicted octanol–water partition coefficient (Wildman–Crippen LogP) is 12.8. The first-order chi connectivity index (χ1) is 27.8. The van der Waals surface area contributed by atoms with E-state index in [1.54, 1.807) is 0 Å². The minimum atomic E-state index is -0.521. The summed E-state index contributed by atoms with van der Waals surface area (Å²) in [5.41, 5.74) is 13.5. The van der Waals surface area contributed by atoms with Gasteiger partial charge in [0.25, 0.3) is 0 Å². The molecule has 0 fully saturated rings. The Kier molecular flexibility index (Phi) is 7.36. The lowest BCUT2D eigenvalue weighted by Gasteiger charge is -2.33.